The predicted molar refractivity (Wildman–Crippen MR) is 133 cm³/mol. The van der Waals surface area contributed by atoms with E-state index in [1.807, 2.05) is 6.20 Å². The number of carbonyl (C=O) groups is 1. The van der Waals surface area contributed by atoms with Crippen molar-refractivity contribution in [3.63, 3.8) is 0 Å². The molecule has 0 radical (unpaired) electrons. The first-order valence-corrected chi connectivity index (χ1v) is 13.5. The van der Waals surface area contributed by atoms with Gasteiger partial charge in [0.05, 0.1) is 11.9 Å². The van der Waals surface area contributed by atoms with Crippen LogP contribution in [0.5, 0.6) is 0 Å². The highest BCUT2D eigenvalue weighted by Crippen LogP contribution is 2.35. The molecule has 8 heteroatoms. The van der Waals surface area contributed by atoms with Crippen LogP contribution >= 0.6 is 0 Å². The number of fused-ring (bicyclic) bond motifs is 1. The molecule has 0 bridgehead atoms. The van der Waals surface area contributed by atoms with E-state index in [0.29, 0.717) is 11.9 Å². The molecule has 0 unspecified atom stereocenters. The van der Waals surface area contributed by atoms with E-state index < -0.39 is 0 Å². The molecule has 1 amide bonds. The van der Waals surface area contributed by atoms with Crippen LogP contribution in [0.25, 0.3) is 0 Å². The number of hydrogen-bond acceptors (Lipinski definition) is 6. The Labute approximate surface area is 201 Å². The number of aromatic nitrogens is 4. The Kier molecular flexibility index (Phi) is 6.14. The number of nitrogens with zero attached hydrogens (tertiary/aromatic N) is 5. The number of anilines is 3. The zero-order valence-corrected chi connectivity index (χ0v) is 20.2. The summed E-state index contributed by atoms with van der Waals surface area (Å²) in [6.07, 6.45) is 16.9. The summed E-state index contributed by atoms with van der Waals surface area (Å²) in [4.78, 5) is 35.7. The van der Waals surface area contributed by atoms with Crippen LogP contribution in [0.2, 0.25) is 0 Å². The van der Waals surface area contributed by atoms with Crippen LogP contribution in [0.1, 0.15) is 93.5 Å². The van der Waals surface area contributed by atoms with Crippen molar-refractivity contribution < 1.29 is 4.79 Å². The highest BCUT2D eigenvalue weighted by Gasteiger charge is 2.36. The van der Waals surface area contributed by atoms with Gasteiger partial charge in [-0.2, -0.15) is 4.98 Å². The largest absolute Gasteiger partial charge is 0.341 e. The van der Waals surface area contributed by atoms with E-state index in [0.717, 1.165) is 82.0 Å². The number of aromatic amines is 1. The summed E-state index contributed by atoms with van der Waals surface area (Å²) < 4.78 is 0. The van der Waals surface area contributed by atoms with Gasteiger partial charge in [0.1, 0.15) is 11.9 Å². The van der Waals surface area contributed by atoms with Crippen molar-refractivity contribution in [3.8, 4) is 0 Å². The molecule has 2 aliphatic carbocycles. The smallest absolute Gasteiger partial charge is 0.245 e. The van der Waals surface area contributed by atoms with Gasteiger partial charge in [-0.1, -0.05) is 19.3 Å². The third kappa shape index (κ3) is 4.27. The van der Waals surface area contributed by atoms with Gasteiger partial charge in [-0.15, -0.1) is 0 Å². The monoisotopic (exact) mass is 463 g/mol. The number of nitrogens with one attached hydrogen (secondary N) is 2. The number of piperidine rings is 1. The molecule has 0 spiro atoms. The number of imidazole rings is 1. The Balaban J connectivity index is 1.24. The van der Waals surface area contributed by atoms with Gasteiger partial charge in [-0.25, -0.2) is 9.97 Å². The summed E-state index contributed by atoms with van der Waals surface area (Å²) in [5.41, 5.74) is 3.57. The van der Waals surface area contributed by atoms with E-state index in [4.69, 9.17) is 9.97 Å². The Morgan fingerprint density at radius 2 is 1.74 bits per heavy atom. The molecule has 34 heavy (non-hydrogen) atoms. The van der Waals surface area contributed by atoms with E-state index in [1.165, 1.54) is 49.8 Å². The van der Waals surface area contributed by atoms with Gasteiger partial charge in [-0.3, -0.25) is 4.79 Å². The van der Waals surface area contributed by atoms with Crippen molar-refractivity contribution in [2.75, 3.05) is 29.9 Å². The molecule has 8 nitrogen and oxygen atoms in total. The number of amides is 1. The van der Waals surface area contributed by atoms with Crippen molar-refractivity contribution >= 4 is 23.6 Å². The molecule has 2 aromatic heterocycles. The molecular weight excluding hydrogens is 426 g/mol. The first-order chi connectivity index (χ1) is 16.8. The quantitative estimate of drug-likeness (QED) is 0.680. The zero-order chi connectivity index (χ0) is 22.9. The molecule has 2 saturated heterocycles. The molecule has 1 saturated carbocycles. The van der Waals surface area contributed by atoms with Crippen molar-refractivity contribution in [2.24, 2.45) is 0 Å². The zero-order valence-electron chi connectivity index (χ0n) is 20.2. The van der Waals surface area contributed by atoms with Crippen LogP contribution in [0.15, 0.2) is 6.20 Å². The van der Waals surface area contributed by atoms with Crippen LogP contribution in [0.4, 0.5) is 17.7 Å². The van der Waals surface area contributed by atoms with Gasteiger partial charge in [0.2, 0.25) is 17.8 Å². The van der Waals surface area contributed by atoms with Gasteiger partial charge in [0, 0.05) is 36.8 Å². The summed E-state index contributed by atoms with van der Waals surface area (Å²) >= 11 is 0. The highest BCUT2D eigenvalue weighted by atomic mass is 16.2. The maximum absolute atomic E-state index is 13.3. The Hall–Kier alpha value is -2.64. The SMILES string of the molecule is O=C([C@H]1CCCN1c1nc2c(c(Nc3ncc(C4CCCCC4)[nH]3)n1)CCC2)N1CCCCC1. The lowest BCUT2D eigenvalue weighted by molar-refractivity contribution is -0.133. The van der Waals surface area contributed by atoms with Gasteiger partial charge in [0.25, 0.3) is 0 Å². The minimum absolute atomic E-state index is 0.132. The molecule has 1 atom stereocenters. The summed E-state index contributed by atoms with van der Waals surface area (Å²) in [6.45, 7) is 2.63. The van der Waals surface area contributed by atoms with Crippen LogP contribution in [-0.2, 0) is 17.6 Å². The van der Waals surface area contributed by atoms with Crippen molar-refractivity contribution in [1.82, 2.24) is 24.8 Å². The van der Waals surface area contributed by atoms with Crippen LogP contribution < -0.4 is 10.2 Å². The van der Waals surface area contributed by atoms with Crippen molar-refractivity contribution in [2.45, 2.75) is 95.4 Å². The van der Waals surface area contributed by atoms with Gasteiger partial charge < -0.3 is 20.1 Å². The number of carbonyl (C=O) groups excluding carboxylic acids is 1. The average Bonchev–Trinajstić information content (AvgIpc) is 3.65. The number of H-pyrrole nitrogens is 1. The number of rotatable bonds is 5. The number of likely N-dealkylation sites (tertiary alicyclic amines) is 1. The van der Waals surface area contributed by atoms with Gasteiger partial charge in [0.15, 0.2) is 0 Å². The maximum atomic E-state index is 13.3. The lowest BCUT2D eigenvalue weighted by Gasteiger charge is -2.32. The van der Waals surface area contributed by atoms with Crippen LogP contribution in [-0.4, -0.2) is 56.4 Å². The van der Waals surface area contributed by atoms with Crippen molar-refractivity contribution in [1.29, 1.82) is 0 Å². The second-order valence-corrected chi connectivity index (χ2v) is 10.5. The van der Waals surface area contributed by atoms with E-state index in [1.54, 1.807) is 0 Å². The molecule has 4 heterocycles. The fourth-order valence-electron chi connectivity index (χ4n) is 6.37. The first kappa shape index (κ1) is 21.9. The van der Waals surface area contributed by atoms with E-state index in [-0.39, 0.29) is 11.9 Å². The number of aryl methyl sites for hydroxylation is 1. The second kappa shape index (κ2) is 9.55. The molecule has 4 aliphatic rings. The van der Waals surface area contributed by atoms with Crippen molar-refractivity contribution in [3.05, 3.63) is 23.1 Å². The molecule has 2 aromatic rings. The van der Waals surface area contributed by atoms with Crippen LogP contribution in [0.3, 0.4) is 0 Å². The molecule has 2 N–H and O–H groups in total. The van der Waals surface area contributed by atoms with Gasteiger partial charge >= 0.3 is 0 Å². The van der Waals surface area contributed by atoms with E-state index in [9.17, 15) is 4.79 Å². The lowest BCUT2D eigenvalue weighted by Crippen LogP contribution is -2.48. The summed E-state index contributed by atoms with van der Waals surface area (Å²) in [7, 11) is 0. The Morgan fingerprint density at radius 3 is 2.59 bits per heavy atom. The minimum Gasteiger partial charge on any atom is -0.341 e. The number of hydrogen-bond donors (Lipinski definition) is 2. The molecule has 3 fully saturated rings. The predicted octanol–water partition coefficient (Wildman–Crippen LogP) is 4.46. The Morgan fingerprint density at radius 1 is 0.912 bits per heavy atom. The van der Waals surface area contributed by atoms with E-state index in [2.05, 4.69) is 25.1 Å². The maximum Gasteiger partial charge on any atom is 0.245 e. The fourth-order valence-corrected chi connectivity index (χ4v) is 6.37. The molecule has 6 rings (SSSR count). The third-order valence-corrected chi connectivity index (χ3v) is 8.26. The van der Waals surface area contributed by atoms with Crippen LogP contribution in [0, 0.1) is 0 Å². The lowest BCUT2D eigenvalue weighted by atomic mass is 9.87. The molecule has 0 aromatic carbocycles. The third-order valence-electron chi connectivity index (χ3n) is 8.26. The highest BCUT2D eigenvalue weighted by molar-refractivity contribution is 5.85. The molecular formula is C26H37N7O. The molecule has 182 valence electrons. The Bertz CT molecular complexity index is 1020. The molecule has 2 aliphatic heterocycles. The first-order valence-electron chi connectivity index (χ1n) is 13.5. The standard InChI is InChI=1S/C26H37N7O/c34-24(32-14-5-2-6-15-32)22-13-8-16-33(22)26-29-20-12-7-11-19(20)23(31-26)30-25-27-17-21(28-25)18-9-3-1-4-10-18/h17-18,22H,1-16H2,(H2,27,28,29,30,31)/t22-/m1/s1. The fraction of sp³-hybridized carbons (Fsp3) is 0.692. The minimum atomic E-state index is -0.132. The van der Waals surface area contributed by atoms with E-state index >= 15 is 0 Å². The van der Waals surface area contributed by atoms with Gasteiger partial charge in [-0.05, 0) is 64.2 Å². The summed E-state index contributed by atoms with van der Waals surface area (Å²) in [6, 6.07) is -0.132. The average molecular weight is 464 g/mol. The summed E-state index contributed by atoms with van der Waals surface area (Å²) in [5.74, 6) is 3.18. The summed E-state index contributed by atoms with van der Waals surface area (Å²) in [5, 5.41) is 3.50. The normalized spacial score (nSPS) is 23.4. The topological polar surface area (TPSA) is 90.0 Å². The second-order valence-electron chi connectivity index (χ2n) is 10.5.